The lowest BCUT2D eigenvalue weighted by molar-refractivity contribution is -0.139. The van der Waals surface area contributed by atoms with Crippen LogP contribution in [0.4, 0.5) is 5.69 Å². The summed E-state index contributed by atoms with van der Waals surface area (Å²) < 4.78 is 2.05. The maximum atomic E-state index is 11.0. The van der Waals surface area contributed by atoms with Crippen LogP contribution in [0.1, 0.15) is 184 Å². The predicted molar refractivity (Wildman–Crippen MR) is 452 cm³/mol. The molecule has 0 heterocycles. The number of unbranched alkanes of at least 4 members (excludes halogenated alkanes) is 9. The van der Waals surface area contributed by atoms with Crippen LogP contribution in [0.2, 0.25) is 0 Å². The molecule has 3 rings (SSSR count). The third-order valence-corrected chi connectivity index (χ3v) is 22.5. The number of para-hydroxylation sites is 1. The number of nitriles is 6. The van der Waals surface area contributed by atoms with Gasteiger partial charge >= 0.3 is 17.9 Å². The van der Waals surface area contributed by atoms with Gasteiger partial charge in [-0.1, -0.05) is 300 Å². The second-order valence-electron chi connectivity index (χ2n) is 22.2. The van der Waals surface area contributed by atoms with Crippen molar-refractivity contribution in [3.63, 3.8) is 0 Å². The van der Waals surface area contributed by atoms with E-state index in [2.05, 4.69) is 49.5 Å². The van der Waals surface area contributed by atoms with Gasteiger partial charge in [-0.25, -0.2) is 0 Å². The minimum absolute atomic E-state index is 0.000324. The standard InChI is InChI=1S/C17H32O2S3.C13H13NO2S2.C11H11NS2.C10H10N2S2.C8H11NO2S2.C6H9NS2.C4H5NS2/c1-4-5-6-7-8-9-10-11-12-13-14-21-16(20)22-17(2,3)15(18)19;1-13(9-14,8-7-11(15)16)18-12(17)10-5-3-2-4-6-10;1-11(2,8-12)14-10(13)9-6-4-3-5-7-9;1-12(10(13)14-8-7-11)9-5-3-2-4-6-9;1-6(12)13-8(2,5-9)4-3-7(10)11;1-5(8)9-6(2,3)4-7;1-4(6)7-3-2-5/h4-14H2,1-3H3,(H,18,19);2-6H,7-8H2,1H3,(H,15,16);3-7H,1-2H3;2-6H,8H2,1H3;3-4H2,1-2H3,(H,10,11);1-3H3;3H2,1H3. The van der Waals surface area contributed by atoms with Crippen molar-refractivity contribution in [2.24, 2.45) is 0 Å². The molecule has 2 atom stereocenters. The van der Waals surface area contributed by atoms with Gasteiger partial charge in [-0.05, 0) is 124 Å². The molecule has 0 spiro atoms. The summed E-state index contributed by atoms with van der Waals surface area (Å²) in [7, 11) is 1.90. The third kappa shape index (κ3) is 59.6. The summed E-state index contributed by atoms with van der Waals surface area (Å²) in [5.41, 5.74) is 2.94. The first-order valence-electron chi connectivity index (χ1n) is 30.3. The van der Waals surface area contributed by atoms with E-state index in [4.69, 9.17) is 115 Å². The molecule has 0 amide bonds. The zero-order chi connectivity index (χ0) is 75.1. The van der Waals surface area contributed by atoms with Gasteiger partial charge in [0.25, 0.3) is 0 Å². The molecule has 0 aliphatic rings. The van der Waals surface area contributed by atoms with Crippen molar-refractivity contribution in [1.82, 2.24) is 0 Å². The van der Waals surface area contributed by atoms with Crippen LogP contribution in [0.15, 0.2) is 91.0 Å². The Balaban J connectivity index is -0.000000533. The fourth-order valence-electron chi connectivity index (χ4n) is 6.48. The number of carboxylic acids is 3. The Bertz CT molecular complexity index is 3170. The lowest BCUT2D eigenvalue weighted by Crippen LogP contribution is -2.28. The Hall–Kier alpha value is -3.76. The number of hydrogen-bond donors (Lipinski definition) is 3. The van der Waals surface area contributed by atoms with Gasteiger partial charge in [0.15, 0.2) is 0 Å². The summed E-state index contributed by atoms with van der Waals surface area (Å²) in [5, 5.41) is 78.0. The number of thiocarbonyl (C=S) groups is 7. The maximum absolute atomic E-state index is 11.0. The zero-order valence-electron chi connectivity index (χ0n) is 57.5. The molecule has 528 valence electrons. The topological polar surface area (TPSA) is 258 Å². The van der Waals surface area contributed by atoms with Gasteiger partial charge in [0.2, 0.25) is 0 Å². The molecule has 0 radical (unpaired) electrons. The summed E-state index contributed by atoms with van der Waals surface area (Å²) >= 11 is 46.3. The van der Waals surface area contributed by atoms with Gasteiger partial charge in [-0.3, -0.25) is 14.4 Å². The molecule has 0 aliphatic heterocycles. The van der Waals surface area contributed by atoms with Crippen LogP contribution in [0.3, 0.4) is 0 Å². The Labute approximate surface area is 651 Å². The van der Waals surface area contributed by atoms with E-state index < -0.39 is 36.9 Å². The molecular formula is C69H91N7O6S15. The fourth-order valence-corrected chi connectivity index (χ4v) is 16.7. The van der Waals surface area contributed by atoms with Gasteiger partial charge in [0, 0.05) is 38.2 Å². The number of thioether (sulfide) groups is 8. The highest BCUT2D eigenvalue weighted by atomic mass is 32.2. The second-order valence-corrected chi connectivity index (χ2v) is 39.5. The van der Waals surface area contributed by atoms with Gasteiger partial charge < -0.3 is 20.2 Å². The van der Waals surface area contributed by atoms with E-state index >= 15 is 0 Å². The number of carboxylic acid groups (broad SMARTS) is 3. The van der Waals surface area contributed by atoms with E-state index in [-0.39, 0.29) is 24.0 Å². The van der Waals surface area contributed by atoms with Crippen molar-refractivity contribution in [2.75, 3.05) is 29.2 Å². The Morgan fingerprint density at radius 3 is 1.18 bits per heavy atom. The van der Waals surface area contributed by atoms with Crippen LogP contribution in [0, 0.1) is 68.0 Å². The van der Waals surface area contributed by atoms with Crippen molar-refractivity contribution < 1.29 is 29.7 Å². The molecule has 0 bridgehead atoms. The average Bonchev–Trinajstić information content (AvgIpc) is 0.918. The van der Waals surface area contributed by atoms with E-state index in [1.165, 1.54) is 147 Å². The van der Waals surface area contributed by atoms with E-state index in [0.29, 0.717) is 26.3 Å². The normalized spacial score (nSPS) is 11.4. The van der Waals surface area contributed by atoms with Crippen LogP contribution in [-0.4, -0.2) is 110 Å². The molecule has 2 unspecified atom stereocenters. The highest BCUT2D eigenvalue weighted by Crippen LogP contribution is 2.35. The number of nitrogens with zero attached hydrogens (tertiary/aromatic N) is 7. The Morgan fingerprint density at radius 1 is 0.464 bits per heavy atom. The van der Waals surface area contributed by atoms with E-state index in [1.54, 1.807) is 46.4 Å². The molecule has 3 aromatic rings. The van der Waals surface area contributed by atoms with Crippen LogP contribution in [0.5, 0.6) is 0 Å². The van der Waals surface area contributed by atoms with E-state index in [9.17, 15) is 19.6 Å². The molecule has 13 nitrogen and oxygen atoms in total. The molecule has 3 aromatic carbocycles. The summed E-state index contributed by atoms with van der Waals surface area (Å²) in [6, 6.07) is 41.6. The van der Waals surface area contributed by atoms with E-state index in [0.717, 1.165) is 43.0 Å². The van der Waals surface area contributed by atoms with Crippen molar-refractivity contribution in [3.05, 3.63) is 102 Å². The second kappa shape index (κ2) is 58.8. The average molecular weight is 1600 g/mol. The Morgan fingerprint density at radius 2 is 0.835 bits per heavy atom. The molecule has 0 aromatic heterocycles. The first kappa shape index (κ1) is 99.6. The maximum Gasteiger partial charge on any atom is 0.319 e. The van der Waals surface area contributed by atoms with E-state index in [1.807, 2.05) is 151 Å². The van der Waals surface area contributed by atoms with Crippen LogP contribution in [0.25, 0.3) is 0 Å². The number of anilines is 1. The van der Waals surface area contributed by atoms with Crippen molar-refractivity contribution >= 4 is 232 Å². The van der Waals surface area contributed by atoms with Crippen molar-refractivity contribution in [3.8, 4) is 36.4 Å². The molecule has 3 N–H and O–H groups in total. The van der Waals surface area contributed by atoms with Crippen LogP contribution >= 0.6 is 180 Å². The molecule has 97 heavy (non-hydrogen) atoms. The molecule has 28 heteroatoms. The molecule has 0 saturated heterocycles. The molecular weight excluding hydrogens is 1500 g/mol. The van der Waals surface area contributed by atoms with Crippen molar-refractivity contribution in [1.29, 1.82) is 31.6 Å². The summed E-state index contributed by atoms with van der Waals surface area (Å²) in [6.07, 6.45) is 13.9. The molecule has 0 fully saturated rings. The number of benzene rings is 3. The van der Waals surface area contributed by atoms with Gasteiger partial charge in [-0.15, -0.1) is 23.5 Å². The summed E-state index contributed by atoms with van der Waals surface area (Å²) in [6.45, 7) is 21.9. The lowest BCUT2D eigenvalue weighted by Gasteiger charge is -2.20. The van der Waals surface area contributed by atoms with Gasteiger partial charge in [-0.2, -0.15) is 31.6 Å². The summed E-state index contributed by atoms with van der Waals surface area (Å²) in [5.74, 6) is -0.699. The molecule has 0 saturated carbocycles. The van der Waals surface area contributed by atoms with Crippen molar-refractivity contribution in [2.45, 2.75) is 197 Å². The minimum Gasteiger partial charge on any atom is -0.481 e. The van der Waals surface area contributed by atoms with Gasteiger partial charge in [0.05, 0.1) is 56.3 Å². The smallest absolute Gasteiger partial charge is 0.319 e. The first-order valence-corrected chi connectivity index (χ1v) is 40.2. The third-order valence-electron chi connectivity index (χ3n) is 11.7. The van der Waals surface area contributed by atoms with Crippen LogP contribution in [-0.2, 0) is 14.4 Å². The van der Waals surface area contributed by atoms with Gasteiger partial charge in [0.1, 0.15) is 31.6 Å². The largest absolute Gasteiger partial charge is 0.481 e. The summed E-state index contributed by atoms with van der Waals surface area (Å²) in [4.78, 5) is 33.8. The fraction of sp³-hybridized carbons (Fsp3) is 0.507. The minimum atomic E-state index is -0.900. The number of aliphatic carboxylic acids is 3. The monoisotopic (exact) mass is 1590 g/mol. The first-order chi connectivity index (χ1) is 45.3. The molecule has 0 aliphatic carbocycles. The number of rotatable bonds is 28. The SMILES string of the molecule is CC(=S)SC(C)(C#N)CCC(=O)O.CC(=S)SC(C)(C)C#N.CC(=S)SCC#N.CC(C#N)(CCC(=O)O)SC(=S)c1ccccc1.CC(C)(C#N)SC(=S)c1ccccc1.CCCCCCCCCCCCSC(=S)SC(C)(C)C(=O)O.CN(C(=S)SCC#N)c1ccccc1. The number of hydrogen-bond acceptors (Lipinski definition) is 24. The predicted octanol–water partition coefficient (Wildman–Crippen LogP) is 22.0. The highest BCUT2D eigenvalue weighted by molar-refractivity contribution is 8.47. The quantitative estimate of drug-likeness (QED) is 0.0451. The zero-order valence-corrected chi connectivity index (χ0v) is 69.7. The number of carbonyl (C=O) groups is 3. The Kier molecular flexibility index (Phi) is 60.4. The van der Waals surface area contributed by atoms with Crippen LogP contribution < -0.4 is 4.90 Å². The highest BCUT2D eigenvalue weighted by Gasteiger charge is 2.30. The lowest BCUT2D eigenvalue weighted by atomic mass is 10.1.